The number of nitrogens with two attached hydrogens (primary N) is 1. The highest BCUT2D eigenvalue weighted by atomic mass is 79.9. The summed E-state index contributed by atoms with van der Waals surface area (Å²) >= 11 is 10.3. The minimum Gasteiger partial charge on any atom is -0.489 e. The predicted molar refractivity (Wildman–Crippen MR) is 121 cm³/mol. The normalized spacial score (nSPS) is 15.9. The van der Waals surface area contributed by atoms with Gasteiger partial charge in [0.25, 0.3) is 11.1 Å². The zero-order chi connectivity index (χ0) is 21.7. The highest BCUT2D eigenvalue weighted by Crippen LogP contribution is 2.31. The van der Waals surface area contributed by atoms with Gasteiger partial charge in [-0.3, -0.25) is 19.7 Å². The molecule has 2 aromatic carbocycles. The molecule has 30 heavy (non-hydrogen) atoms. The molecule has 1 aliphatic heterocycles. The molecule has 0 bridgehead atoms. The van der Waals surface area contributed by atoms with Crippen molar-refractivity contribution < 1.29 is 19.1 Å². The molecule has 1 atom stereocenters. The summed E-state index contributed by atoms with van der Waals surface area (Å²) in [4.78, 5) is 34.6. The Labute approximate surface area is 191 Å². The molecule has 0 aliphatic carbocycles. The molecule has 0 saturated carbocycles. The molecule has 1 aliphatic rings. The number of hydrogen-bond acceptors (Lipinski definition) is 5. The molecule has 3 amide bonds. The molecule has 156 valence electrons. The Morgan fingerprint density at radius 3 is 2.57 bits per heavy atom. The highest BCUT2D eigenvalue weighted by molar-refractivity contribution is 9.10. The van der Waals surface area contributed by atoms with Crippen LogP contribution in [0.5, 0.6) is 5.75 Å². The van der Waals surface area contributed by atoms with Gasteiger partial charge in [-0.1, -0.05) is 29.8 Å². The lowest BCUT2D eigenvalue weighted by molar-refractivity contribution is -0.118. The van der Waals surface area contributed by atoms with Gasteiger partial charge in [0.1, 0.15) is 11.9 Å². The van der Waals surface area contributed by atoms with Crippen LogP contribution in [-0.2, 0) is 16.0 Å². The lowest BCUT2D eigenvalue weighted by Gasteiger charge is -2.20. The Kier molecular flexibility index (Phi) is 7.58. The van der Waals surface area contributed by atoms with E-state index in [2.05, 4.69) is 21.2 Å². The maximum absolute atomic E-state index is 11.7. The third-order valence-electron chi connectivity index (χ3n) is 4.28. The Morgan fingerprint density at radius 2 is 1.97 bits per heavy atom. The predicted octanol–water partition coefficient (Wildman–Crippen LogP) is 4.68. The van der Waals surface area contributed by atoms with Crippen molar-refractivity contribution in [3.8, 4) is 5.75 Å². The summed E-state index contributed by atoms with van der Waals surface area (Å²) in [5.41, 5.74) is 7.08. The Balaban J connectivity index is 1.75. The fraction of sp³-hybridized carbons (Fsp3) is 0.190. The summed E-state index contributed by atoms with van der Waals surface area (Å²) < 4.78 is 6.83. The van der Waals surface area contributed by atoms with Gasteiger partial charge < -0.3 is 10.5 Å². The maximum atomic E-state index is 11.7. The van der Waals surface area contributed by atoms with E-state index in [0.29, 0.717) is 33.0 Å². The van der Waals surface area contributed by atoms with Gasteiger partial charge in [-0.05, 0) is 75.6 Å². The summed E-state index contributed by atoms with van der Waals surface area (Å²) in [6.07, 6.45) is 2.63. The number of imide groups is 1. The van der Waals surface area contributed by atoms with Crippen molar-refractivity contribution >= 4 is 62.4 Å². The maximum Gasteiger partial charge on any atom is 0.290 e. The first-order valence-electron chi connectivity index (χ1n) is 9.04. The summed E-state index contributed by atoms with van der Waals surface area (Å²) in [7, 11) is 0. The fourth-order valence-corrected chi connectivity index (χ4v) is 4.14. The minimum absolute atomic E-state index is 0.209. The number of rotatable bonds is 8. The number of benzene rings is 2. The second kappa shape index (κ2) is 10.1. The Morgan fingerprint density at radius 1 is 1.23 bits per heavy atom. The van der Waals surface area contributed by atoms with Crippen LogP contribution in [-0.4, -0.2) is 23.2 Å². The second-order valence-corrected chi connectivity index (χ2v) is 8.92. The summed E-state index contributed by atoms with van der Waals surface area (Å²) in [6, 6.07) is 12.8. The van der Waals surface area contributed by atoms with E-state index in [-0.39, 0.29) is 23.7 Å². The SMILES string of the molecule is NC(=O)CCC(Cc1ccc(Cl)cc1)Oc1ccc(C=C2SC(=O)NC2=O)cc1Br. The quantitative estimate of drug-likeness (QED) is 0.503. The lowest BCUT2D eigenvalue weighted by atomic mass is 10.0. The summed E-state index contributed by atoms with van der Waals surface area (Å²) in [6.45, 7) is 0. The number of nitrogens with one attached hydrogen (secondary N) is 1. The van der Waals surface area contributed by atoms with Crippen molar-refractivity contribution in [2.75, 3.05) is 0 Å². The van der Waals surface area contributed by atoms with Crippen LogP contribution < -0.4 is 15.8 Å². The van der Waals surface area contributed by atoms with Gasteiger partial charge in [0.05, 0.1) is 9.38 Å². The molecular weight excluding hydrogens is 492 g/mol. The van der Waals surface area contributed by atoms with Gasteiger partial charge in [0, 0.05) is 17.9 Å². The van der Waals surface area contributed by atoms with Crippen molar-refractivity contribution in [2.45, 2.75) is 25.4 Å². The van der Waals surface area contributed by atoms with E-state index in [4.69, 9.17) is 22.1 Å². The van der Waals surface area contributed by atoms with Crippen LogP contribution in [0, 0.1) is 0 Å². The number of primary amides is 1. The van der Waals surface area contributed by atoms with Crippen molar-refractivity contribution in [3.63, 3.8) is 0 Å². The Bertz CT molecular complexity index is 1010. The smallest absolute Gasteiger partial charge is 0.290 e. The average Bonchev–Trinajstić information content (AvgIpc) is 3.00. The van der Waals surface area contributed by atoms with Crippen molar-refractivity contribution in [3.05, 3.63) is 68.0 Å². The van der Waals surface area contributed by atoms with Crippen LogP contribution in [0.4, 0.5) is 4.79 Å². The molecule has 3 rings (SSSR count). The summed E-state index contributed by atoms with van der Waals surface area (Å²) in [5, 5.41) is 2.49. The van der Waals surface area contributed by atoms with Crippen LogP contribution in [0.15, 0.2) is 51.8 Å². The number of ether oxygens (including phenoxy) is 1. The molecule has 6 nitrogen and oxygen atoms in total. The molecular formula is C21H18BrClN2O4S. The van der Waals surface area contributed by atoms with Crippen LogP contribution >= 0.6 is 39.3 Å². The van der Waals surface area contributed by atoms with Gasteiger partial charge >= 0.3 is 0 Å². The van der Waals surface area contributed by atoms with E-state index < -0.39 is 5.91 Å². The number of amides is 3. The average molecular weight is 510 g/mol. The molecule has 0 spiro atoms. The number of carbonyl (C=O) groups is 3. The summed E-state index contributed by atoms with van der Waals surface area (Å²) in [5.74, 6) is -0.196. The standard InChI is InChI=1S/C21H18BrClN2O4S/c22-16-10-13(11-18-20(27)25-21(28)30-18)3-7-17(16)29-15(6-8-19(24)26)9-12-1-4-14(23)5-2-12/h1-5,7,10-11,15H,6,8-9H2,(H2,24,26)(H,25,27,28). The minimum atomic E-state index is -0.407. The highest BCUT2D eigenvalue weighted by Gasteiger charge is 2.25. The van der Waals surface area contributed by atoms with E-state index in [0.717, 1.165) is 22.9 Å². The topological polar surface area (TPSA) is 98.5 Å². The van der Waals surface area contributed by atoms with Gasteiger partial charge in [-0.2, -0.15) is 0 Å². The third kappa shape index (κ3) is 6.35. The monoisotopic (exact) mass is 508 g/mol. The van der Waals surface area contributed by atoms with Gasteiger partial charge in [-0.15, -0.1) is 0 Å². The molecule has 1 unspecified atom stereocenters. The van der Waals surface area contributed by atoms with E-state index >= 15 is 0 Å². The number of hydrogen-bond donors (Lipinski definition) is 2. The number of thioether (sulfide) groups is 1. The molecule has 9 heteroatoms. The second-order valence-electron chi connectivity index (χ2n) is 6.62. The molecule has 1 heterocycles. The first-order chi connectivity index (χ1) is 14.3. The van der Waals surface area contributed by atoms with Crippen LogP contribution in [0.2, 0.25) is 5.02 Å². The van der Waals surface area contributed by atoms with E-state index in [9.17, 15) is 14.4 Å². The van der Waals surface area contributed by atoms with Crippen molar-refractivity contribution in [1.29, 1.82) is 0 Å². The van der Waals surface area contributed by atoms with Gasteiger partial charge in [0.2, 0.25) is 5.91 Å². The molecule has 3 N–H and O–H groups in total. The van der Waals surface area contributed by atoms with E-state index in [1.165, 1.54) is 0 Å². The molecule has 1 fully saturated rings. The third-order valence-corrected chi connectivity index (χ3v) is 5.96. The number of halogens is 2. The molecule has 0 aromatic heterocycles. The van der Waals surface area contributed by atoms with Crippen LogP contribution in [0.3, 0.4) is 0 Å². The van der Waals surface area contributed by atoms with E-state index in [1.807, 2.05) is 24.3 Å². The zero-order valence-corrected chi connectivity index (χ0v) is 18.9. The van der Waals surface area contributed by atoms with Crippen molar-refractivity contribution in [1.82, 2.24) is 5.32 Å². The van der Waals surface area contributed by atoms with Crippen LogP contribution in [0.25, 0.3) is 6.08 Å². The van der Waals surface area contributed by atoms with Gasteiger partial charge in [-0.25, -0.2) is 0 Å². The zero-order valence-electron chi connectivity index (χ0n) is 15.7. The first kappa shape index (κ1) is 22.4. The lowest BCUT2D eigenvalue weighted by Crippen LogP contribution is -2.23. The Hall–Kier alpha value is -2.29. The van der Waals surface area contributed by atoms with Gasteiger partial charge in [0.15, 0.2) is 0 Å². The fourth-order valence-electron chi connectivity index (χ4n) is 2.84. The van der Waals surface area contributed by atoms with Crippen LogP contribution in [0.1, 0.15) is 24.0 Å². The first-order valence-corrected chi connectivity index (χ1v) is 11.0. The number of carbonyl (C=O) groups excluding carboxylic acids is 3. The molecule has 0 radical (unpaired) electrons. The largest absolute Gasteiger partial charge is 0.489 e. The van der Waals surface area contributed by atoms with E-state index in [1.54, 1.807) is 24.3 Å². The van der Waals surface area contributed by atoms with Crippen molar-refractivity contribution in [2.24, 2.45) is 5.73 Å². The molecule has 1 saturated heterocycles. The molecule has 2 aromatic rings.